The molecule has 4 atom stereocenters. The minimum Gasteiger partial charge on any atom is -0.383 e. The van der Waals surface area contributed by atoms with Crippen molar-refractivity contribution in [2.45, 2.75) is 51.6 Å². The van der Waals surface area contributed by atoms with E-state index in [1.54, 1.807) is 7.11 Å². The maximum Gasteiger partial charge on any atom is 0.0615 e. The van der Waals surface area contributed by atoms with Crippen LogP contribution in [0.3, 0.4) is 0 Å². The third kappa shape index (κ3) is 4.04. The van der Waals surface area contributed by atoms with Gasteiger partial charge in [-0.05, 0) is 44.1 Å². The van der Waals surface area contributed by atoms with Crippen LogP contribution in [0.2, 0.25) is 0 Å². The lowest BCUT2D eigenvalue weighted by Gasteiger charge is -2.26. The standard InChI is InChI=1S/C13H28N2O/c1-10-6-7-13(11(10)2)15-12(9-16-3)5-4-8-14/h10-13,15H,4-9,14H2,1-3H3. The predicted octanol–water partition coefficient (Wildman–Crippen LogP) is 1.76. The van der Waals surface area contributed by atoms with Gasteiger partial charge in [0.05, 0.1) is 6.61 Å². The smallest absolute Gasteiger partial charge is 0.0615 e. The van der Waals surface area contributed by atoms with Crippen LogP contribution in [-0.2, 0) is 4.74 Å². The maximum atomic E-state index is 5.56. The number of hydrogen-bond acceptors (Lipinski definition) is 3. The fraction of sp³-hybridized carbons (Fsp3) is 1.00. The molecule has 0 radical (unpaired) electrons. The SMILES string of the molecule is COCC(CCCN)NC1CCC(C)C1C. The van der Waals surface area contributed by atoms with Crippen LogP contribution in [0.4, 0.5) is 0 Å². The van der Waals surface area contributed by atoms with Crippen LogP contribution in [0.25, 0.3) is 0 Å². The van der Waals surface area contributed by atoms with Crippen molar-refractivity contribution in [2.75, 3.05) is 20.3 Å². The summed E-state index contributed by atoms with van der Waals surface area (Å²) >= 11 is 0. The Hall–Kier alpha value is -0.120. The molecule has 0 heterocycles. The molecule has 0 bridgehead atoms. The normalized spacial score (nSPS) is 31.9. The Bertz CT molecular complexity index is 187. The van der Waals surface area contributed by atoms with E-state index in [2.05, 4.69) is 19.2 Å². The summed E-state index contributed by atoms with van der Waals surface area (Å²) in [5, 5.41) is 3.75. The van der Waals surface area contributed by atoms with Crippen LogP contribution >= 0.6 is 0 Å². The first-order chi connectivity index (χ1) is 7.69. The first-order valence-electron chi connectivity index (χ1n) is 6.64. The third-order valence-electron chi connectivity index (χ3n) is 4.04. The fourth-order valence-corrected chi connectivity index (χ4v) is 2.68. The number of methoxy groups -OCH3 is 1. The zero-order valence-electron chi connectivity index (χ0n) is 11.0. The van der Waals surface area contributed by atoms with Crippen molar-refractivity contribution < 1.29 is 4.74 Å². The highest BCUT2D eigenvalue weighted by Gasteiger charge is 2.30. The molecular weight excluding hydrogens is 200 g/mol. The van der Waals surface area contributed by atoms with E-state index >= 15 is 0 Å². The Labute approximate surface area is 100 Å². The molecule has 0 spiro atoms. The van der Waals surface area contributed by atoms with Crippen molar-refractivity contribution in [1.82, 2.24) is 5.32 Å². The van der Waals surface area contributed by atoms with Crippen molar-refractivity contribution in [3.63, 3.8) is 0 Å². The Morgan fingerprint density at radius 3 is 2.62 bits per heavy atom. The number of hydrogen-bond donors (Lipinski definition) is 2. The van der Waals surface area contributed by atoms with Crippen molar-refractivity contribution >= 4 is 0 Å². The summed E-state index contributed by atoms with van der Waals surface area (Å²) in [5.74, 6) is 1.65. The molecule has 1 aliphatic rings. The van der Waals surface area contributed by atoms with Crippen molar-refractivity contribution in [3.05, 3.63) is 0 Å². The number of ether oxygens (including phenoxy) is 1. The number of nitrogens with two attached hydrogens (primary N) is 1. The van der Waals surface area contributed by atoms with Gasteiger partial charge in [-0.1, -0.05) is 13.8 Å². The molecule has 96 valence electrons. The van der Waals surface area contributed by atoms with E-state index in [1.807, 2.05) is 0 Å². The Morgan fingerprint density at radius 2 is 2.12 bits per heavy atom. The predicted molar refractivity (Wildman–Crippen MR) is 68.4 cm³/mol. The molecule has 1 rings (SSSR count). The van der Waals surface area contributed by atoms with Gasteiger partial charge in [-0.2, -0.15) is 0 Å². The monoisotopic (exact) mass is 228 g/mol. The van der Waals surface area contributed by atoms with Gasteiger partial charge >= 0.3 is 0 Å². The first kappa shape index (κ1) is 13.9. The fourth-order valence-electron chi connectivity index (χ4n) is 2.68. The molecule has 3 N–H and O–H groups in total. The minimum absolute atomic E-state index is 0.478. The molecule has 0 aromatic heterocycles. The highest BCUT2D eigenvalue weighted by molar-refractivity contribution is 4.87. The molecule has 1 saturated carbocycles. The lowest BCUT2D eigenvalue weighted by atomic mass is 9.97. The Kier molecular flexibility index (Phi) is 6.32. The third-order valence-corrected chi connectivity index (χ3v) is 4.04. The molecule has 1 fully saturated rings. The highest BCUT2D eigenvalue weighted by atomic mass is 16.5. The van der Waals surface area contributed by atoms with E-state index in [1.165, 1.54) is 12.8 Å². The van der Waals surface area contributed by atoms with Gasteiger partial charge in [0.2, 0.25) is 0 Å². The molecular formula is C13H28N2O. The second kappa shape index (κ2) is 7.25. The Balaban J connectivity index is 2.35. The van der Waals surface area contributed by atoms with E-state index in [0.717, 1.165) is 37.8 Å². The molecule has 0 amide bonds. The highest BCUT2D eigenvalue weighted by Crippen LogP contribution is 2.31. The summed E-state index contributed by atoms with van der Waals surface area (Å²) < 4.78 is 5.27. The second-order valence-electron chi connectivity index (χ2n) is 5.27. The van der Waals surface area contributed by atoms with Gasteiger partial charge < -0.3 is 15.8 Å². The first-order valence-corrected chi connectivity index (χ1v) is 6.64. The van der Waals surface area contributed by atoms with Gasteiger partial charge in [-0.3, -0.25) is 0 Å². The largest absolute Gasteiger partial charge is 0.383 e. The minimum atomic E-state index is 0.478. The maximum absolute atomic E-state index is 5.56. The van der Waals surface area contributed by atoms with Crippen LogP contribution < -0.4 is 11.1 Å². The molecule has 0 aromatic carbocycles. The summed E-state index contributed by atoms with van der Waals surface area (Å²) in [6, 6.07) is 1.15. The van der Waals surface area contributed by atoms with Gasteiger partial charge in [0, 0.05) is 19.2 Å². The zero-order chi connectivity index (χ0) is 12.0. The van der Waals surface area contributed by atoms with Crippen LogP contribution in [0.5, 0.6) is 0 Å². The average Bonchev–Trinajstić information content (AvgIpc) is 2.58. The quantitative estimate of drug-likeness (QED) is 0.698. The average molecular weight is 228 g/mol. The topological polar surface area (TPSA) is 47.3 Å². The molecule has 3 heteroatoms. The van der Waals surface area contributed by atoms with E-state index in [-0.39, 0.29) is 0 Å². The lowest BCUT2D eigenvalue weighted by molar-refractivity contribution is 0.150. The Morgan fingerprint density at radius 1 is 1.38 bits per heavy atom. The van der Waals surface area contributed by atoms with Crippen LogP contribution in [0.15, 0.2) is 0 Å². The number of rotatable bonds is 7. The lowest BCUT2D eigenvalue weighted by Crippen LogP contribution is -2.43. The molecule has 0 aliphatic heterocycles. The van der Waals surface area contributed by atoms with Crippen LogP contribution in [0, 0.1) is 11.8 Å². The molecule has 4 unspecified atom stereocenters. The summed E-state index contributed by atoms with van der Waals surface area (Å²) in [7, 11) is 1.78. The molecule has 16 heavy (non-hydrogen) atoms. The van der Waals surface area contributed by atoms with Crippen LogP contribution in [-0.4, -0.2) is 32.3 Å². The molecule has 1 aliphatic carbocycles. The molecule has 0 saturated heterocycles. The van der Waals surface area contributed by atoms with Crippen molar-refractivity contribution in [3.8, 4) is 0 Å². The van der Waals surface area contributed by atoms with Crippen LogP contribution in [0.1, 0.15) is 39.5 Å². The van der Waals surface area contributed by atoms with Crippen molar-refractivity contribution in [1.29, 1.82) is 0 Å². The van der Waals surface area contributed by atoms with Gasteiger partial charge in [-0.15, -0.1) is 0 Å². The van der Waals surface area contributed by atoms with Crippen molar-refractivity contribution in [2.24, 2.45) is 17.6 Å². The number of nitrogens with one attached hydrogen (secondary N) is 1. The van der Waals surface area contributed by atoms with E-state index in [4.69, 9.17) is 10.5 Å². The summed E-state index contributed by atoms with van der Waals surface area (Å²) in [6.07, 6.45) is 4.88. The molecule has 0 aromatic rings. The van der Waals surface area contributed by atoms with Gasteiger partial charge in [0.25, 0.3) is 0 Å². The zero-order valence-corrected chi connectivity index (χ0v) is 11.0. The summed E-state index contributed by atoms with van der Waals surface area (Å²) in [5.41, 5.74) is 5.56. The summed E-state index contributed by atoms with van der Waals surface area (Å²) in [6.45, 7) is 6.30. The molecule has 3 nitrogen and oxygen atoms in total. The van der Waals surface area contributed by atoms with Gasteiger partial charge in [0.15, 0.2) is 0 Å². The van der Waals surface area contributed by atoms with E-state index in [0.29, 0.717) is 12.1 Å². The van der Waals surface area contributed by atoms with Gasteiger partial charge in [-0.25, -0.2) is 0 Å². The summed E-state index contributed by atoms with van der Waals surface area (Å²) in [4.78, 5) is 0. The van der Waals surface area contributed by atoms with Gasteiger partial charge in [0.1, 0.15) is 0 Å². The van der Waals surface area contributed by atoms with E-state index in [9.17, 15) is 0 Å². The van der Waals surface area contributed by atoms with E-state index < -0.39 is 0 Å². The second-order valence-corrected chi connectivity index (χ2v) is 5.27.